The molecule has 0 radical (unpaired) electrons. The van der Waals surface area contributed by atoms with Gasteiger partial charge in [-0.1, -0.05) is 25.5 Å². The van der Waals surface area contributed by atoms with Gasteiger partial charge in [-0.15, -0.1) is 0 Å². The zero-order valence-electron chi connectivity index (χ0n) is 17.3. The molecular formula is C21H32N4O3. The maximum atomic E-state index is 13.2. The summed E-state index contributed by atoms with van der Waals surface area (Å²) in [5, 5.41) is 5.61. The number of carbonyl (C=O) groups excluding carboxylic acids is 1. The molecule has 0 unspecified atom stereocenters. The summed E-state index contributed by atoms with van der Waals surface area (Å²) in [7, 11) is 1.66. The topological polar surface area (TPSA) is 59.8 Å². The number of benzene rings is 1. The monoisotopic (exact) mass is 388 g/mol. The minimum atomic E-state index is -0.000624. The summed E-state index contributed by atoms with van der Waals surface area (Å²) in [6.45, 7) is 10.6. The third-order valence-corrected chi connectivity index (χ3v) is 5.34. The summed E-state index contributed by atoms with van der Waals surface area (Å²) in [6.07, 6.45) is 2.06. The van der Waals surface area contributed by atoms with Crippen LogP contribution in [-0.4, -0.2) is 78.5 Å². The molecule has 0 atom stereocenters. The van der Waals surface area contributed by atoms with Crippen molar-refractivity contribution in [3.8, 4) is 5.75 Å². The minimum absolute atomic E-state index is 0.000624. The van der Waals surface area contributed by atoms with Crippen LogP contribution >= 0.6 is 0 Å². The number of unbranched alkanes of at least 4 members (excludes halogenated alkanes) is 1. The van der Waals surface area contributed by atoms with E-state index in [9.17, 15) is 4.79 Å². The van der Waals surface area contributed by atoms with Gasteiger partial charge in [-0.2, -0.15) is 5.10 Å². The van der Waals surface area contributed by atoms with Crippen molar-refractivity contribution in [1.82, 2.24) is 19.6 Å². The van der Waals surface area contributed by atoms with E-state index in [0.717, 1.165) is 68.9 Å². The Balaban J connectivity index is 1.91. The van der Waals surface area contributed by atoms with Crippen LogP contribution in [0.3, 0.4) is 0 Å². The molecule has 28 heavy (non-hydrogen) atoms. The number of nitrogens with zero attached hydrogens (tertiary/aromatic N) is 4. The summed E-state index contributed by atoms with van der Waals surface area (Å²) in [4.78, 5) is 17.5. The van der Waals surface area contributed by atoms with Crippen LogP contribution in [0.5, 0.6) is 5.75 Å². The van der Waals surface area contributed by atoms with Crippen molar-refractivity contribution in [2.75, 3.05) is 53.0 Å². The molecule has 3 rings (SSSR count). The van der Waals surface area contributed by atoms with Crippen molar-refractivity contribution in [2.45, 2.75) is 33.2 Å². The van der Waals surface area contributed by atoms with Crippen LogP contribution in [0.2, 0.25) is 0 Å². The average molecular weight is 389 g/mol. The van der Waals surface area contributed by atoms with Crippen LogP contribution in [0.25, 0.3) is 10.9 Å². The van der Waals surface area contributed by atoms with E-state index in [4.69, 9.17) is 14.6 Å². The van der Waals surface area contributed by atoms with E-state index in [-0.39, 0.29) is 5.91 Å². The largest absolute Gasteiger partial charge is 0.494 e. The second-order valence-electron chi connectivity index (χ2n) is 7.12. The summed E-state index contributed by atoms with van der Waals surface area (Å²) in [6, 6.07) is 5.82. The van der Waals surface area contributed by atoms with E-state index in [1.807, 2.05) is 34.7 Å². The molecule has 0 N–H and O–H groups in total. The standard InChI is InChI=1S/C21H32N4O3/c1-4-6-10-24(5-2)21(26)19-17-8-7-9-18(27-3)20(17)25(22-19)12-11-23-13-15-28-16-14-23/h7-9H,4-6,10-16H2,1-3H3. The van der Waals surface area contributed by atoms with Crippen molar-refractivity contribution in [1.29, 1.82) is 0 Å². The van der Waals surface area contributed by atoms with Gasteiger partial charge in [0.1, 0.15) is 11.3 Å². The summed E-state index contributed by atoms with van der Waals surface area (Å²) in [5.74, 6) is 0.752. The van der Waals surface area contributed by atoms with Crippen LogP contribution in [0, 0.1) is 0 Å². The molecule has 7 nitrogen and oxygen atoms in total. The molecule has 2 heterocycles. The fourth-order valence-corrected chi connectivity index (χ4v) is 3.65. The fraction of sp³-hybridized carbons (Fsp3) is 0.619. The number of rotatable bonds is 9. The SMILES string of the molecule is CCCCN(CC)C(=O)c1nn(CCN2CCOCC2)c2c(OC)cccc12. The maximum Gasteiger partial charge on any atom is 0.274 e. The quantitative estimate of drug-likeness (QED) is 0.661. The van der Waals surface area contributed by atoms with Crippen molar-refractivity contribution < 1.29 is 14.3 Å². The van der Waals surface area contributed by atoms with Gasteiger partial charge < -0.3 is 14.4 Å². The van der Waals surface area contributed by atoms with Gasteiger partial charge >= 0.3 is 0 Å². The lowest BCUT2D eigenvalue weighted by atomic mass is 10.1. The summed E-state index contributed by atoms with van der Waals surface area (Å²) in [5.41, 5.74) is 1.42. The predicted molar refractivity (Wildman–Crippen MR) is 110 cm³/mol. The van der Waals surface area contributed by atoms with Gasteiger partial charge in [0.25, 0.3) is 5.91 Å². The molecule has 2 aromatic rings. The van der Waals surface area contributed by atoms with E-state index in [2.05, 4.69) is 11.8 Å². The number of methoxy groups -OCH3 is 1. The molecule has 1 amide bonds. The lowest BCUT2D eigenvalue weighted by Gasteiger charge is -2.26. The predicted octanol–water partition coefficient (Wildman–Crippen LogP) is 2.64. The number of carbonyl (C=O) groups is 1. The molecule has 1 aliphatic heterocycles. The number of amides is 1. The Morgan fingerprint density at radius 3 is 2.71 bits per heavy atom. The first kappa shape index (κ1) is 20.6. The number of aromatic nitrogens is 2. The second-order valence-corrected chi connectivity index (χ2v) is 7.12. The highest BCUT2D eigenvalue weighted by molar-refractivity contribution is 6.06. The number of morpholine rings is 1. The molecule has 154 valence electrons. The van der Waals surface area contributed by atoms with Crippen LogP contribution in [0.4, 0.5) is 0 Å². The number of fused-ring (bicyclic) bond motifs is 1. The molecule has 0 spiro atoms. The second kappa shape index (κ2) is 9.89. The third kappa shape index (κ3) is 4.47. The fourth-order valence-electron chi connectivity index (χ4n) is 3.65. The van der Waals surface area contributed by atoms with Crippen LogP contribution in [-0.2, 0) is 11.3 Å². The Hall–Kier alpha value is -2.12. The molecule has 1 fully saturated rings. The van der Waals surface area contributed by atoms with Gasteiger partial charge in [0.2, 0.25) is 0 Å². The van der Waals surface area contributed by atoms with Crippen molar-refractivity contribution in [2.24, 2.45) is 0 Å². The van der Waals surface area contributed by atoms with Gasteiger partial charge in [-0.25, -0.2) is 0 Å². The number of para-hydroxylation sites is 1. The van der Waals surface area contributed by atoms with Gasteiger partial charge in [-0.05, 0) is 19.4 Å². The molecule has 1 saturated heterocycles. The molecule has 0 aliphatic carbocycles. The molecule has 1 aliphatic rings. The van der Waals surface area contributed by atoms with Crippen LogP contribution < -0.4 is 4.74 Å². The van der Waals surface area contributed by atoms with Crippen molar-refractivity contribution in [3.63, 3.8) is 0 Å². The Morgan fingerprint density at radius 1 is 1.25 bits per heavy atom. The van der Waals surface area contributed by atoms with E-state index in [0.29, 0.717) is 18.8 Å². The summed E-state index contributed by atoms with van der Waals surface area (Å²) < 4.78 is 13.0. The van der Waals surface area contributed by atoms with Crippen LogP contribution in [0.15, 0.2) is 18.2 Å². The molecule has 0 bridgehead atoms. The first-order chi connectivity index (χ1) is 13.7. The van der Waals surface area contributed by atoms with Crippen molar-refractivity contribution >= 4 is 16.8 Å². The van der Waals surface area contributed by atoms with E-state index in [1.54, 1.807) is 7.11 Å². The van der Waals surface area contributed by atoms with Gasteiger partial charge in [0, 0.05) is 38.1 Å². The molecular weight excluding hydrogens is 356 g/mol. The number of ether oxygens (including phenoxy) is 2. The Bertz CT molecular complexity index is 783. The Morgan fingerprint density at radius 2 is 2.04 bits per heavy atom. The molecule has 1 aromatic heterocycles. The highest BCUT2D eigenvalue weighted by Crippen LogP contribution is 2.29. The zero-order valence-corrected chi connectivity index (χ0v) is 17.3. The Labute approximate surface area is 167 Å². The lowest BCUT2D eigenvalue weighted by molar-refractivity contribution is 0.0361. The average Bonchev–Trinajstić information content (AvgIpc) is 3.12. The molecule has 0 saturated carbocycles. The van der Waals surface area contributed by atoms with Gasteiger partial charge in [0.15, 0.2) is 5.69 Å². The lowest BCUT2D eigenvalue weighted by Crippen LogP contribution is -2.38. The van der Waals surface area contributed by atoms with E-state index < -0.39 is 0 Å². The molecule has 1 aromatic carbocycles. The van der Waals surface area contributed by atoms with Crippen molar-refractivity contribution in [3.05, 3.63) is 23.9 Å². The smallest absolute Gasteiger partial charge is 0.274 e. The van der Waals surface area contributed by atoms with E-state index in [1.165, 1.54) is 0 Å². The first-order valence-electron chi connectivity index (χ1n) is 10.3. The Kier molecular flexibility index (Phi) is 7.28. The highest BCUT2D eigenvalue weighted by atomic mass is 16.5. The van der Waals surface area contributed by atoms with Gasteiger partial charge in [-0.3, -0.25) is 14.4 Å². The zero-order chi connectivity index (χ0) is 19.9. The summed E-state index contributed by atoms with van der Waals surface area (Å²) >= 11 is 0. The minimum Gasteiger partial charge on any atom is -0.494 e. The maximum absolute atomic E-state index is 13.2. The number of hydrogen-bond acceptors (Lipinski definition) is 5. The highest BCUT2D eigenvalue weighted by Gasteiger charge is 2.23. The first-order valence-corrected chi connectivity index (χ1v) is 10.3. The molecule has 7 heteroatoms. The number of hydrogen-bond donors (Lipinski definition) is 0. The normalized spacial score (nSPS) is 15.1. The van der Waals surface area contributed by atoms with Crippen LogP contribution in [0.1, 0.15) is 37.2 Å². The third-order valence-electron chi connectivity index (χ3n) is 5.34. The van der Waals surface area contributed by atoms with Gasteiger partial charge in [0.05, 0.1) is 26.9 Å². The van der Waals surface area contributed by atoms with E-state index >= 15 is 0 Å².